The average molecular weight is 198 g/mol. The van der Waals surface area contributed by atoms with Crippen molar-refractivity contribution in [3.8, 4) is 0 Å². The van der Waals surface area contributed by atoms with Gasteiger partial charge in [-0.1, -0.05) is 13.3 Å². The van der Waals surface area contributed by atoms with E-state index < -0.39 is 0 Å². The third kappa shape index (κ3) is 2.25. The molecule has 0 aromatic heterocycles. The summed E-state index contributed by atoms with van der Waals surface area (Å²) in [5.74, 6) is 0.0122. The van der Waals surface area contributed by atoms with Gasteiger partial charge in [-0.2, -0.15) is 0 Å². The Morgan fingerprint density at radius 3 is 2.64 bits per heavy atom. The summed E-state index contributed by atoms with van der Waals surface area (Å²) in [5.41, 5.74) is 0. The number of amides is 2. The van der Waals surface area contributed by atoms with Gasteiger partial charge in [0.2, 0.25) is 11.8 Å². The summed E-state index contributed by atoms with van der Waals surface area (Å²) in [6.45, 7) is 6.07. The molecule has 1 unspecified atom stereocenters. The first kappa shape index (κ1) is 11.0. The van der Waals surface area contributed by atoms with Gasteiger partial charge in [-0.3, -0.25) is 9.59 Å². The van der Waals surface area contributed by atoms with Crippen LogP contribution in [0.3, 0.4) is 0 Å². The second-order valence-corrected chi connectivity index (χ2v) is 3.97. The normalized spacial score (nSPS) is 22.9. The van der Waals surface area contributed by atoms with Gasteiger partial charge in [-0.25, -0.2) is 0 Å². The number of carbonyl (C=O) groups excluding carboxylic acids is 2. The highest BCUT2D eigenvalue weighted by atomic mass is 16.2. The molecule has 1 heterocycles. The Hall–Kier alpha value is -1.06. The summed E-state index contributed by atoms with van der Waals surface area (Å²) in [7, 11) is 0. The van der Waals surface area contributed by atoms with Gasteiger partial charge in [0.05, 0.1) is 6.54 Å². The minimum atomic E-state index is -0.302. The van der Waals surface area contributed by atoms with Crippen LogP contribution in [0.2, 0.25) is 0 Å². The van der Waals surface area contributed by atoms with E-state index in [4.69, 9.17) is 0 Å². The lowest BCUT2D eigenvalue weighted by Gasteiger charge is -2.35. The number of hydrogen-bond donors (Lipinski definition) is 1. The molecule has 1 fully saturated rings. The molecule has 0 bridgehead atoms. The van der Waals surface area contributed by atoms with Crippen LogP contribution in [0.25, 0.3) is 0 Å². The van der Waals surface area contributed by atoms with Crippen molar-refractivity contribution in [2.75, 3.05) is 6.54 Å². The predicted molar refractivity (Wildman–Crippen MR) is 53.7 cm³/mol. The van der Waals surface area contributed by atoms with Gasteiger partial charge in [0.1, 0.15) is 6.04 Å². The first-order valence-corrected chi connectivity index (χ1v) is 5.16. The van der Waals surface area contributed by atoms with Crippen LogP contribution < -0.4 is 5.32 Å². The van der Waals surface area contributed by atoms with Crippen LogP contribution in [0.4, 0.5) is 0 Å². The summed E-state index contributed by atoms with van der Waals surface area (Å²) < 4.78 is 0. The minimum Gasteiger partial charge on any atom is -0.343 e. The van der Waals surface area contributed by atoms with Crippen LogP contribution in [0.15, 0.2) is 0 Å². The summed E-state index contributed by atoms with van der Waals surface area (Å²) in [6.07, 6.45) is 1.64. The summed E-state index contributed by atoms with van der Waals surface area (Å²) >= 11 is 0. The molecule has 0 aromatic carbocycles. The maximum absolute atomic E-state index is 11.8. The van der Waals surface area contributed by atoms with Gasteiger partial charge >= 0.3 is 0 Å². The molecule has 1 saturated heterocycles. The monoisotopic (exact) mass is 198 g/mol. The lowest BCUT2D eigenvalue weighted by Crippen LogP contribution is -2.59. The van der Waals surface area contributed by atoms with Crippen molar-refractivity contribution >= 4 is 11.8 Å². The Labute approximate surface area is 84.7 Å². The standard InChI is InChI=1S/C10H18N2O2/c1-4-5-8-10(14)12(7(2)3)6-9(13)11-8/h7-8H,4-6H2,1-3H3,(H,11,13). The number of nitrogens with one attached hydrogen (secondary N) is 1. The van der Waals surface area contributed by atoms with Crippen LogP contribution >= 0.6 is 0 Å². The van der Waals surface area contributed by atoms with E-state index >= 15 is 0 Å². The first-order chi connectivity index (χ1) is 6.56. The van der Waals surface area contributed by atoms with Gasteiger partial charge in [0.15, 0.2) is 0 Å². The minimum absolute atomic E-state index is 0.0447. The smallest absolute Gasteiger partial charge is 0.245 e. The zero-order valence-electron chi connectivity index (χ0n) is 9.04. The number of rotatable bonds is 3. The van der Waals surface area contributed by atoms with Crippen molar-refractivity contribution < 1.29 is 9.59 Å². The van der Waals surface area contributed by atoms with Crippen molar-refractivity contribution in [2.24, 2.45) is 0 Å². The fraction of sp³-hybridized carbons (Fsp3) is 0.800. The fourth-order valence-electron chi connectivity index (χ4n) is 1.66. The van der Waals surface area contributed by atoms with E-state index in [1.54, 1.807) is 4.90 Å². The van der Waals surface area contributed by atoms with Crippen LogP contribution in [-0.2, 0) is 9.59 Å². The zero-order valence-corrected chi connectivity index (χ0v) is 9.04. The second-order valence-electron chi connectivity index (χ2n) is 3.97. The molecule has 4 nitrogen and oxygen atoms in total. The lowest BCUT2D eigenvalue weighted by atomic mass is 10.1. The summed E-state index contributed by atoms with van der Waals surface area (Å²) in [6, 6.07) is -0.198. The van der Waals surface area contributed by atoms with E-state index in [-0.39, 0.29) is 30.4 Å². The molecule has 1 atom stereocenters. The summed E-state index contributed by atoms with van der Waals surface area (Å²) in [5, 5.41) is 2.72. The molecule has 0 aromatic rings. The van der Waals surface area contributed by atoms with Gasteiger partial charge in [-0.05, 0) is 20.3 Å². The molecule has 14 heavy (non-hydrogen) atoms. The number of carbonyl (C=O) groups is 2. The Bertz CT molecular complexity index is 238. The van der Waals surface area contributed by atoms with Crippen LogP contribution in [0.1, 0.15) is 33.6 Å². The molecule has 1 aliphatic heterocycles. The third-order valence-corrected chi connectivity index (χ3v) is 2.43. The molecule has 2 amide bonds. The highest BCUT2D eigenvalue weighted by Crippen LogP contribution is 2.10. The van der Waals surface area contributed by atoms with Gasteiger partial charge in [-0.15, -0.1) is 0 Å². The van der Waals surface area contributed by atoms with Crippen LogP contribution in [0.5, 0.6) is 0 Å². The fourth-order valence-corrected chi connectivity index (χ4v) is 1.66. The highest BCUT2D eigenvalue weighted by Gasteiger charge is 2.32. The third-order valence-electron chi connectivity index (χ3n) is 2.43. The van der Waals surface area contributed by atoms with E-state index in [0.717, 1.165) is 12.8 Å². The lowest BCUT2D eigenvalue weighted by molar-refractivity contribution is -0.146. The van der Waals surface area contributed by atoms with Crippen molar-refractivity contribution in [3.63, 3.8) is 0 Å². The molecule has 0 radical (unpaired) electrons. The molecule has 1 N–H and O–H groups in total. The van der Waals surface area contributed by atoms with Gasteiger partial charge in [0.25, 0.3) is 0 Å². The van der Waals surface area contributed by atoms with E-state index in [1.165, 1.54) is 0 Å². The highest BCUT2D eigenvalue weighted by molar-refractivity contribution is 5.94. The maximum atomic E-state index is 11.8. The maximum Gasteiger partial charge on any atom is 0.245 e. The molecule has 0 aliphatic carbocycles. The quantitative estimate of drug-likeness (QED) is 0.718. The number of hydrogen-bond acceptors (Lipinski definition) is 2. The van der Waals surface area contributed by atoms with E-state index in [9.17, 15) is 9.59 Å². The summed E-state index contributed by atoms with van der Waals surface area (Å²) in [4.78, 5) is 24.8. The average Bonchev–Trinajstić information content (AvgIpc) is 2.10. The zero-order chi connectivity index (χ0) is 10.7. The molecule has 80 valence electrons. The van der Waals surface area contributed by atoms with Crippen molar-refractivity contribution in [2.45, 2.75) is 45.7 Å². The van der Waals surface area contributed by atoms with Crippen molar-refractivity contribution in [3.05, 3.63) is 0 Å². The van der Waals surface area contributed by atoms with E-state index in [2.05, 4.69) is 5.32 Å². The first-order valence-electron chi connectivity index (χ1n) is 5.16. The molecular formula is C10H18N2O2. The molecular weight excluding hydrogens is 180 g/mol. The molecule has 0 spiro atoms. The Morgan fingerprint density at radius 2 is 2.14 bits per heavy atom. The van der Waals surface area contributed by atoms with E-state index in [1.807, 2.05) is 20.8 Å². The van der Waals surface area contributed by atoms with Crippen molar-refractivity contribution in [1.29, 1.82) is 0 Å². The molecule has 1 aliphatic rings. The molecule has 4 heteroatoms. The van der Waals surface area contributed by atoms with Gasteiger partial charge in [0, 0.05) is 6.04 Å². The predicted octanol–water partition coefficient (Wildman–Crippen LogP) is 0.522. The molecule has 0 saturated carbocycles. The van der Waals surface area contributed by atoms with Crippen LogP contribution in [-0.4, -0.2) is 35.3 Å². The largest absolute Gasteiger partial charge is 0.343 e. The SMILES string of the molecule is CCCC1NC(=O)CN(C(C)C)C1=O. The van der Waals surface area contributed by atoms with E-state index in [0.29, 0.717) is 0 Å². The number of piperazine rings is 1. The number of nitrogens with zero attached hydrogens (tertiary/aromatic N) is 1. The second kappa shape index (κ2) is 4.44. The Kier molecular flexibility index (Phi) is 3.49. The van der Waals surface area contributed by atoms with Gasteiger partial charge < -0.3 is 10.2 Å². The molecule has 1 rings (SSSR count). The Balaban J connectivity index is 2.70. The van der Waals surface area contributed by atoms with Crippen molar-refractivity contribution in [1.82, 2.24) is 10.2 Å². The van der Waals surface area contributed by atoms with Crippen LogP contribution in [0, 0.1) is 0 Å². The topological polar surface area (TPSA) is 49.4 Å². The Morgan fingerprint density at radius 1 is 1.50 bits per heavy atom.